The van der Waals surface area contributed by atoms with Gasteiger partial charge in [-0.05, 0) is 31.7 Å². The van der Waals surface area contributed by atoms with Crippen LogP contribution in [0.1, 0.15) is 44.7 Å². The molecule has 4 nitrogen and oxygen atoms in total. The third-order valence-corrected chi connectivity index (χ3v) is 3.44. The average molecular weight is 234 g/mol. The van der Waals surface area contributed by atoms with E-state index in [1.165, 1.54) is 12.8 Å². The molecule has 2 rings (SSSR count). The van der Waals surface area contributed by atoms with Crippen molar-refractivity contribution >= 4 is 5.82 Å². The molecular formula is C13H22N4. The Hall–Kier alpha value is -1.16. The van der Waals surface area contributed by atoms with E-state index in [0.717, 1.165) is 31.0 Å². The Balaban J connectivity index is 2.18. The molecule has 1 aliphatic rings. The molecule has 1 unspecified atom stereocenters. The SMILES string of the molecule is CC(C)c1cc(N2CCCC2CCN)ncn1. The highest BCUT2D eigenvalue weighted by atomic mass is 15.2. The fourth-order valence-corrected chi connectivity index (χ4v) is 2.46. The molecule has 1 aromatic heterocycles. The molecule has 0 saturated carbocycles. The second kappa shape index (κ2) is 5.45. The van der Waals surface area contributed by atoms with E-state index in [9.17, 15) is 0 Å². The third kappa shape index (κ3) is 2.75. The van der Waals surface area contributed by atoms with Crippen LogP contribution in [0.3, 0.4) is 0 Å². The first-order valence-electron chi connectivity index (χ1n) is 6.51. The normalized spacial score (nSPS) is 20.2. The largest absolute Gasteiger partial charge is 0.353 e. The smallest absolute Gasteiger partial charge is 0.132 e. The number of anilines is 1. The number of nitrogens with two attached hydrogens (primary N) is 1. The molecule has 17 heavy (non-hydrogen) atoms. The van der Waals surface area contributed by atoms with Crippen molar-refractivity contribution in [3.8, 4) is 0 Å². The fraction of sp³-hybridized carbons (Fsp3) is 0.692. The second-order valence-electron chi connectivity index (χ2n) is 5.02. The van der Waals surface area contributed by atoms with Crippen LogP contribution >= 0.6 is 0 Å². The van der Waals surface area contributed by atoms with Gasteiger partial charge in [0.25, 0.3) is 0 Å². The quantitative estimate of drug-likeness (QED) is 0.864. The van der Waals surface area contributed by atoms with Crippen LogP contribution in [-0.4, -0.2) is 29.1 Å². The summed E-state index contributed by atoms with van der Waals surface area (Å²) in [6, 6.07) is 2.69. The summed E-state index contributed by atoms with van der Waals surface area (Å²) in [7, 11) is 0. The van der Waals surface area contributed by atoms with E-state index >= 15 is 0 Å². The molecule has 0 spiro atoms. The lowest BCUT2D eigenvalue weighted by molar-refractivity contribution is 0.613. The first kappa shape index (κ1) is 12.3. The molecular weight excluding hydrogens is 212 g/mol. The minimum Gasteiger partial charge on any atom is -0.353 e. The summed E-state index contributed by atoms with van der Waals surface area (Å²) >= 11 is 0. The predicted molar refractivity (Wildman–Crippen MR) is 70.2 cm³/mol. The van der Waals surface area contributed by atoms with Gasteiger partial charge in [0.2, 0.25) is 0 Å². The monoisotopic (exact) mass is 234 g/mol. The van der Waals surface area contributed by atoms with E-state index in [1.807, 2.05) is 0 Å². The van der Waals surface area contributed by atoms with Gasteiger partial charge in [0.1, 0.15) is 12.1 Å². The molecule has 0 amide bonds. The van der Waals surface area contributed by atoms with E-state index in [1.54, 1.807) is 6.33 Å². The lowest BCUT2D eigenvalue weighted by Crippen LogP contribution is -2.31. The van der Waals surface area contributed by atoms with Crippen molar-refractivity contribution < 1.29 is 0 Å². The van der Waals surface area contributed by atoms with Crippen molar-refractivity contribution in [2.45, 2.75) is 45.1 Å². The lowest BCUT2D eigenvalue weighted by Gasteiger charge is -2.25. The fourth-order valence-electron chi connectivity index (χ4n) is 2.46. The molecule has 1 atom stereocenters. The molecule has 94 valence electrons. The highest BCUT2D eigenvalue weighted by Crippen LogP contribution is 2.26. The first-order valence-corrected chi connectivity index (χ1v) is 6.51. The molecule has 4 heteroatoms. The Morgan fingerprint density at radius 1 is 1.47 bits per heavy atom. The van der Waals surface area contributed by atoms with Crippen LogP contribution in [0.4, 0.5) is 5.82 Å². The summed E-state index contributed by atoms with van der Waals surface area (Å²) in [6.07, 6.45) is 5.22. The second-order valence-corrected chi connectivity index (χ2v) is 5.02. The van der Waals surface area contributed by atoms with Crippen molar-refractivity contribution in [1.82, 2.24) is 9.97 Å². The van der Waals surface area contributed by atoms with E-state index < -0.39 is 0 Å². The van der Waals surface area contributed by atoms with Gasteiger partial charge in [-0.1, -0.05) is 13.8 Å². The zero-order chi connectivity index (χ0) is 12.3. The maximum Gasteiger partial charge on any atom is 0.132 e. The standard InChI is InChI=1S/C13H22N4/c1-10(2)12-8-13(16-9-15-12)17-7-3-4-11(17)5-6-14/h8-11H,3-7,14H2,1-2H3. The van der Waals surface area contributed by atoms with Crippen LogP contribution in [0.15, 0.2) is 12.4 Å². The van der Waals surface area contributed by atoms with Crippen LogP contribution in [0.5, 0.6) is 0 Å². The van der Waals surface area contributed by atoms with Gasteiger partial charge in [-0.25, -0.2) is 9.97 Å². The van der Waals surface area contributed by atoms with E-state index in [2.05, 4.69) is 34.8 Å². The topological polar surface area (TPSA) is 55.0 Å². The molecule has 1 fully saturated rings. The number of hydrogen-bond acceptors (Lipinski definition) is 4. The minimum atomic E-state index is 0.451. The third-order valence-electron chi connectivity index (χ3n) is 3.44. The Morgan fingerprint density at radius 2 is 2.29 bits per heavy atom. The molecule has 2 heterocycles. The van der Waals surface area contributed by atoms with Gasteiger partial charge >= 0.3 is 0 Å². The molecule has 1 aliphatic heterocycles. The van der Waals surface area contributed by atoms with Gasteiger partial charge in [0.05, 0.1) is 0 Å². The van der Waals surface area contributed by atoms with Gasteiger partial charge in [0.15, 0.2) is 0 Å². The molecule has 1 aromatic rings. The zero-order valence-corrected chi connectivity index (χ0v) is 10.8. The van der Waals surface area contributed by atoms with Crippen molar-refractivity contribution in [3.05, 3.63) is 18.1 Å². The molecule has 0 radical (unpaired) electrons. The molecule has 0 bridgehead atoms. The maximum atomic E-state index is 5.67. The summed E-state index contributed by atoms with van der Waals surface area (Å²) in [4.78, 5) is 11.1. The van der Waals surface area contributed by atoms with Gasteiger partial charge in [0, 0.05) is 24.3 Å². The van der Waals surface area contributed by atoms with Crippen molar-refractivity contribution in [3.63, 3.8) is 0 Å². The maximum absolute atomic E-state index is 5.67. The van der Waals surface area contributed by atoms with Gasteiger partial charge in [-0.2, -0.15) is 0 Å². The van der Waals surface area contributed by atoms with Gasteiger partial charge < -0.3 is 10.6 Å². The molecule has 0 aromatic carbocycles. The van der Waals surface area contributed by atoms with Crippen LogP contribution in [0, 0.1) is 0 Å². The van der Waals surface area contributed by atoms with Crippen LogP contribution in [0.2, 0.25) is 0 Å². The van der Waals surface area contributed by atoms with Gasteiger partial charge in [-0.3, -0.25) is 0 Å². The highest BCUT2D eigenvalue weighted by molar-refractivity contribution is 5.42. The van der Waals surface area contributed by atoms with E-state index in [4.69, 9.17) is 5.73 Å². The summed E-state index contributed by atoms with van der Waals surface area (Å²) in [5.74, 6) is 1.52. The van der Waals surface area contributed by atoms with Crippen LogP contribution < -0.4 is 10.6 Å². The van der Waals surface area contributed by atoms with E-state index in [0.29, 0.717) is 12.0 Å². The molecule has 1 saturated heterocycles. The van der Waals surface area contributed by atoms with Crippen LogP contribution in [-0.2, 0) is 0 Å². The van der Waals surface area contributed by atoms with Crippen molar-refractivity contribution in [1.29, 1.82) is 0 Å². The van der Waals surface area contributed by atoms with E-state index in [-0.39, 0.29) is 0 Å². The Morgan fingerprint density at radius 3 is 3.00 bits per heavy atom. The zero-order valence-electron chi connectivity index (χ0n) is 10.8. The predicted octanol–water partition coefficient (Wildman–Crippen LogP) is 1.92. The molecule has 0 aliphatic carbocycles. The number of hydrogen-bond donors (Lipinski definition) is 1. The Kier molecular flexibility index (Phi) is 3.94. The number of aromatic nitrogens is 2. The van der Waals surface area contributed by atoms with Crippen molar-refractivity contribution in [2.75, 3.05) is 18.0 Å². The lowest BCUT2D eigenvalue weighted by atomic mass is 10.1. The number of nitrogens with zero attached hydrogens (tertiary/aromatic N) is 3. The minimum absolute atomic E-state index is 0.451. The summed E-state index contributed by atoms with van der Waals surface area (Å²) in [6.45, 7) is 6.17. The summed E-state index contributed by atoms with van der Waals surface area (Å²) in [5, 5.41) is 0. The van der Waals surface area contributed by atoms with Gasteiger partial charge in [-0.15, -0.1) is 0 Å². The molecule has 2 N–H and O–H groups in total. The van der Waals surface area contributed by atoms with Crippen molar-refractivity contribution in [2.24, 2.45) is 5.73 Å². The highest BCUT2D eigenvalue weighted by Gasteiger charge is 2.25. The summed E-state index contributed by atoms with van der Waals surface area (Å²) < 4.78 is 0. The summed E-state index contributed by atoms with van der Waals surface area (Å²) in [5.41, 5.74) is 6.79. The Labute approximate surface area is 103 Å². The number of rotatable bonds is 4. The average Bonchev–Trinajstić information content (AvgIpc) is 2.78. The first-order chi connectivity index (χ1) is 8.22. The Bertz CT molecular complexity index is 364. The van der Waals surface area contributed by atoms with Crippen LogP contribution in [0.25, 0.3) is 0 Å².